The predicted molar refractivity (Wildman–Crippen MR) is 92.6 cm³/mol. The third-order valence-corrected chi connectivity index (χ3v) is 4.21. The molecule has 2 rings (SSSR count). The van der Waals surface area contributed by atoms with Gasteiger partial charge in [-0.3, -0.25) is 0 Å². The van der Waals surface area contributed by atoms with Crippen LogP contribution in [-0.2, 0) is 6.54 Å². The van der Waals surface area contributed by atoms with Gasteiger partial charge in [0.25, 0.3) is 0 Å². The SMILES string of the molecule is CCN(c1nc(CNC(C)(C)C)cs1)c1ccccc1C. The Hall–Kier alpha value is -1.39. The first-order chi connectivity index (χ1) is 9.90. The number of hydrogen-bond acceptors (Lipinski definition) is 4. The predicted octanol–water partition coefficient (Wildman–Crippen LogP) is 4.50. The van der Waals surface area contributed by atoms with E-state index in [1.165, 1.54) is 11.3 Å². The Bertz CT molecular complexity index is 584. The van der Waals surface area contributed by atoms with Crippen LogP contribution in [0.25, 0.3) is 0 Å². The maximum atomic E-state index is 4.78. The maximum absolute atomic E-state index is 4.78. The minimum absolute atomic E-state index is 0.115. The quantitative estimate of drug-likeness (QED) is 0.881. The Morgan fingerprint density at radius 1 is 1.24 bits per heavy atom. The van der Waals surface area contributed by atoms with Gasteiger partial charge in [-0.25, -0.2) is 4.98 Å². The standard InChI is InChI=1S/C17H25N3S/c1-6-20(15-10-8-7-9-13(15)2)16-19-14(12-21-16)11-18-17(3,4)5/h7-10,12,18H,6,11H2,1-5H3. The van der Waals surface area contributed by atoms with Crippen molar-refractivity contribution >= 4 is 22.2 Å². The fourth-order valence-electron chi connectivity index (χ4n) is 2.13. The molecule has 0 aliphatic heterocycles. The summed E-state index contributed by atoms with van der Waals surface area (Å²) in [6.07, 6.45) is 0. The van der Waals surface area contributed by atoms with E-state index < -0.39 is 0 Å². The van der Waals surface area contributed by atoms with Crippen LogP contribution in [0.3, 0.4) is 0 Å². The number of hydrogen-bond donors (Lipinski definition) is 1. The van der Waals surface area contributed by atoms with Gasteiger partial charge >= 0.3 is 0 Å². The molecule has 1 heterocycles. The molecule has 21 heavy (non-hydrogen) atoms. The Labute approximate surface area is 132 Å². The summed E-state index contributed by atoms with van der Waals surface area (Å²) in [6, 6.07) is 8.47. The average molecular weight is 303 g/mol. The number of nitrogens with zero attached hydrogens (tertiary/aromatic N) is 2. The first-order valence-electron chi connectivity index (χ1n) is 7.43. The number of para-hydroxylation sites is 1. The van der Waals surface area contributed by atoms with Gasteiger partial charge in [-0.2, -0.15) is 0 Å². The molecule has 0 spiro atoms. The molecule has 0 saturated heterocycles. The van der Waals surface area contributed by atoms with Crippen molar-refractivity contribution in [2.24, 2.45) is 0 Å². The highest BCUT2D eigenvalue weighted by Crippen LogP contribution is 2.30. The second-order valence-corrected chi connectivity index (χ2v) is 7.09. The molecule has 0 aliphatic carbocycles. The van der Waals surface area contributed by atoms with E-state index in [4.69, 9.17) is 4.98 Å². The Kier molecular flexibility index (Phi) is 5.01. The molecular weight excluding hydrogens is 278 g/mol. The number of aromatic nitrogens is 1. The minimum Gasteiger partial charge on any atom is -0.318 e. The molecule has 0 amide bonds. The van der Waals surface area contributed by atoms with Crippen molar-refractivity contribution in [3.05, 3.63) is 40.9 Å². The lowest BCUT2D eigenvalue weighted by atomic mass is 10.1. The first-order valence-corrected chi connectivity index (χ1v) is 8.31. The molecule has 0 bridgehead atoms. The van der Waals surface area contributed by atoms with Crippen LogP contribution in [0.1, 0.15) is 39.0 Å². The summed E-state index contributed by atoms with van der Waals surface area (Å²) >= 11 is 1.71. The van der Waals surface area contributed by atoms with Crippen LogP contribution in [-0.4, -0.2) is 17.1 Å². The second kappa shape index (κ2) is 6.58. The minimum atomic E-state index is 0.115. The van der Waals surface area contributed by atoms with Crippen LogP contribution in [0.2, 0.25) is 0 Å². The van der Waals surface area contributed by atoms with Crippen LogP contribution in [0.15, 0.2) is 29.6 Å². The van der Waals surface area contributed by atoms with Gasteiger partial charge in [0.2, 0.25) is 0 Å². The molecule has 0 atom stereocenters. The molecule has 1 N–H and O–H groups in total. The highest BCUT2D eigenvalue weighted by molar-refractivity contribution is 7.13. The summed E-state index contributed by atoms with van der Waals surface area (Å²) < 4.78 is 0. The van der Waals surface area contributed by atoms with E-state index in [0.717, 1.165) is 23.9 Å². The number of nitrogens with one attached hydrogen (secondary N) is 1. The number of thiazole rings is 1. The molecule has 1 aromatic heterocycles. The molecule has 0 aliphatic rings. The molecule has 2 aromatic rings. The molecule has 3 nitrogen and oxygen atoms in total. The van der Waals surface area contributed by atoms with E-state index in [9.17, 15) is 0 Å². The smallest absolute Gasteiger partial charge is 0.190 e. The van der Waals surface area contributed by atoms with Gasteiger partial charge in [0.05, 0.1) is 5.69 Å². The molecule has 1 aromatic carbocycles. The molecule has 0 fully saturated rings. The van der Waals surface area contributed by atoms with Crippen molar-refractivity contribution in [1.29, 1.82) is 0 Å². The molecular formula is C17H25N3S. The van der Waals surface area contributed by atoms with E-state index in [1.807, 2.05) is 0 Å². The summed E-state index contributed by atoms with van der Waals surface area (Å²) in [6.45, 7) is 12.6. The molecule has 4 heteroatoms. The highest BCUT2D eigenvalue weighted by Gasteiger charge is 2.15. The van der Waals surface area contributed by atoms with Crippen molar-refractivity contribution in [2.75, 3.05) is 11.4 Å². The van der Waals surface area contributed by atoms with Crippen molar-refractivity contribution in [3.63, 3.8) is 0 Å². The van der Waals surface area contributed by atoms with Crippen molar-refractivity contribution in [3.8, 4) is 0 Å². The van der Waals surface area contributed by atoms with E-state index in [0.29, 0.717) is 0 Å². The highest BCUT2D eigenvalue weighted by atomic mass is 32.1. The van der Waals surface area contributed by atoms with E-state index in [1.54, 1.807) is 11.3 Å². The zero-order chi connectivity index (χ0) is 15.5. The largest absolute Gasteiger partial charge is 0.318 e. The van der Waals surface area contributed by atoms with Crippen molar-refractivity contribution in [1.82, 2.24) is 10.3 Å². The van der Waals surface area contributed by atoms with E-state index >= 15 is 0 Å². The van der Waals surface area contributed by atoms with Gasteiger partial charge in [-0.05, 0) is 46.2 Å². The van der Waals surface area contributed by atoms with E-state index in [2.05, 4.69) is 74.5 Å². The monoisotopic (exact) mass is 303 g/mol. The van der Waals surface area contributed by atoms with Gasteiger partial charge in [-0.1, -0.05) is 18.2 Å². The number of rotatable bonds is 5. The average Bonchev–Trinajstić information content (AvgIpc) is 2.87. The van der Waals surface area contributed by atoms with Crippen LogP contribution in [0.5, 0.6) is 0 Å². The van der Waals surface area contributed by atoms with Gasteiger partial charge in [-0.15, -0.1) is 11.3 Å². The lowest BCUT2D eigenvalue weighted by Crippen LogP contribution is -2.35. The van der Waals surface area contributed by atoms with Crippen LogP contribution < -0.4 is 10.2 Å². The summed E-state index contributed by atoms with van der Waals surface area (Å²) in [5.74, 6) is 0. The normalized spacial score (nSPS) is 11.7. The van der Waals surface area contributed by atoms with Crippen LogP contribution in [0, 0.1) is 6.92 Å². The fourth-order valence-corrected chi connectivity index (χ4v) is 3.03. The summed E-state index contributed by atoms with van der Waals surface area (Å²) in [5.41, 5.74) is 3.75. The molecule has 0 unspecified atom stereocenters. The van der Waals surface area contributed by atoms with Gasteiger partial charge in [0, 0.05) is 29.7 Å². The molecule has 0 saturated carbocycles. The maximum Gasteiger partial charge on any atom is 0.190 e. The Morgan fingerprint density at radius 2 is 1.95 bits per heavy atom. The lowest BCUT2D eigenvalue weighted by molar-refractivity contribution is 0.422. The Balaban J connectivity index is 2.17. The van der Waals surface area contributed by atoms with Crippen LogP contribution >= 0.6 is 11.3 Å². The number of aryl methyl sites for hydroxylation is 1. The Morgan fingerprint density at radius 3 is 2.57 bits per heavy atom. The topological polar surface area (TPSA) is 28.2 Å². The number of anilines is 2. The van der Waals surface area contributed by atoms with Crippen molar-refractivity contribution < 1.29 is 0 Å². The first kappa shape index (κ1) is 16.0. The summed E-state index contributed by atoms with van der Waals surface area (Å²) in [7, 11) is 0. The van der Waals surface area contributed by atoms with Gasteiger partial charge in [0.15, 0.2) is 5.13 Å². The zero-order valence-corrected chi connectivity index (χ0v) is 14.4. The van der Waals surface area contributed by atoms with Gasteiger partial charge < -0.3 is 10.2 Å². The second-order valence-electron chi connectivity index (χ2n) is 6.26. The lowest BCUT2D eigenvalue weighted by Gasteiger charge is -2.22. The van der Waals surface area contributed by atoms with Crippen LogP contribution in [0.4, 0.5) is 10.8 Å². The molecule has 114 valence electrons. The summed E-state index contributed by atoms with van der Waals surface area (Å²) in [5, 5.41) is 6.70. The summed E-state index contributed by atoms with van der Waals surface area (Å²) in [4.78, 5) is 7.06. The third kappa shape index (κ3) is 4.29. The number of benzene rings is 1. The third-order valence-electron chi connectivity index (χ3n) is 3.29. The van der Waals surface area contributed by atoms with Crippen molar-refractivity contribution in [2.45, 2.75) is 46.7 Å². The fraction of sp³-hybridized carbons (Fsp3) is 0.471. The van der Waals surface area contributed by atoms with Gasteiger partial charge in [0.1, 0.15) is 0 Å². The molecule has 0 radical (unpaired) electrons. The zero-order valence-electron chi connectivity index (χ0n) is 13.6. The van der Waals surface area contributed by atoms with E-state index in [-0.39, 0.29) is 5.54 Å².